The van der Waals surface area contributed by atoms with Gasteiger partial charge in [0.1, 0.15) is 6.54 Å². The van der Waals surface area contributed by atoms with Crippen LogP contribution in [0.25, 0.3) is 0 Å². The molecule has 0 spiro atoms. The molecule has 0 saturated heterocycles. The highest BCUT2D eigenvalue weighted by Gasteiger charge is 2.44. The van der Waals surface area contributed by atoms with E-state index in [9.17, 15) is 18.0 Å². The number of alkyl halides is 3. The maximum absolute atomic E-state index is 13.9. The second-order valence-electron chi connectivity index (χ2n) is 10.6. The van der Waals surface area contributed by atoms with Gasteiger partial charge in [0.25, 0.3) is 0 Å². The van der Waals surface area contributed by atoms with Crippen LogP contribution in [0.1, 0.15) is 60.4 Å². The Morgan fingerprint density at radius 3 is 2.07 bits per heavy atom. The van der Waals surface area contributed by atoms with Gasteiger partial charge in [-0.15, -0.1) is 0 Å². The first-order chi connectivity index (χ1) is 19.7. The Bertz CT molecular complexity index is 1170. The molecule has 0 saturated carbocycles. The molecule has 2 aromatic carbocycles. The van der Waals surface area contributed by atoms with Crippen molar-refractivity contribution in [1.29, 1.82) is 0 Å². The van der Waals surface area contributed by atoms with Crippen LogP contribution in [0.5, 0.6) is 0 Å². The van der Waals surface area contributed by atoms with Gasteiger partial charge in [0.05, 0.1) is 5.41 Å². The lowest BCUT2D eigenvalue weighted by Crippen LogP contribution is -2.48. The summed E-state index contributed by atoms with van der Waals surface area (Å²) in [6.07, 6.45) is 2.08. The highest BCUT2D eigenvalue weighted by atomic mass is 19.4. The van der Waals surface area contributed by atoms with Gasteiger partial charge >= 0.3 is 6.18 Å². The molecule has 3 rings (SSSR count). The molecule has 8 heteroatoms. The SMILES string of the molecule is CCN(CCCCC(C(=O)NCC(F)(F)F)(c1ccccc1C)c1ccccc1C)CCCNCc1cccnc1. The van der Waals surface area contributed by atoms with Crippen molar-refractivity contribution in [3.63, 3.8) is 0 Å². The van der Waals surface area contributed by atoms with E-state index in [0.29, 0.717) is 12.8 Å². The van der Waals surface area contributed by atoms with Crippen molar-refractivity contribution in [1.82, 2.24) is 20.5 Å². The van der Waals surface area contributed by atoms with E-state index in [1.54, 1.807) is 6.20 Å². The van der Waals surface area contributed by atoms with Gasteiger partial charge in [-0.05, 0) is 93.2 Å². The van der Waals surface area contributed by atoms with E-state index in [4.69, 9.17) is 0 Å². The van der Waals surface area contributed by atoms with Crippen LogP contribution in [-0.2, 0) is 16.8 Å². The Kier molecular flexibility index (Phi) is 12.4. The number of halogens is 3. The number of nitrogens with zero attached hydrogens (tertiary/aromatic N) is 2. The third-order valence-electron chi connectivity index (χ3n) is 7.65. The molecule has 0 aliphatic rings. The first kappa shape index (κ1) is 32.3. The number of nitrogens with one attached hydrogen (secondary N) is 2. The molecule has 0 aliphatic heterocycles. The summed E-state index contributed by atoms with van der Waals surface area (Å²) in [5.74, 6) is -0.606. The third-order valence-corrected chi connectivity index (χ3v) is 7.65. The number of carbonyl (C=O) groups is 1. The molecule has 2 N–H and O–H groups in total. The number of rotatable bonds is 16. The normalized spacial score (nSPS) is 12.1. The van der Waals surface area contributed by atoms with Crippen LogP contribution in [0.2, 0.25) is 0 Å². The highest BCUT2D eigenvalue weighted by Crippen LogP contribution is 2.41. The summed E-state index contributed by atoms with van der Waals surface area (Å²) >= 11 is 0. The number of carbonyl (C=O) groups excluding carboxylic acids is 1. The average molecular weight is 569 g/mol. The zero-order valence-electron chi connectivity index (χ0n) is 24.4. The Hall–Kier alpha value is -3.23. The summed E-state index contributed by atoms with van der Waals surface area (Å²) < 4.78 is 39.6. The fraction of sp³-hybridized carbons (Fsp3) is 0.455. The first-order valence-corrected chi connectivity index (χ1v) is 14.5. The van der Waals surface area contributed by atoms with Crippen LogP contribution >= 0.6 is 0 Å². The predicted octanol–water partition coefficient (Wildman–Crippen LogP) is 6.34. The Morgan fingerprint density at radius 1 is 0.878 bits per heavy atom. The Morgan fingerprint density at radius 2 is 1.51 bits per heavy atom. The summed E-state index contributed by atoms with van der Waals surface area (Å²) in [5, 5.41) is 5.70. The van der Waals surface area contributed by atoms with Crippen LogP contribution in [-0.4, -0.2) is 54.7 Å². The van der Waals surface area contributed by atoms with E-state index in [2.05, 4.69) is 33.5 Å². The van der Waals surface area contributed by atoms with E-state index in [1.807, 2.05) is 74.6 Å². The zero-order chi connectivity index (χ0) is 29.7. The number of amides is 1. The number of hydrogen-bond donors (Lipinski definition) is 2. The molecule has 1 amide bonds. The van der Waals surface area contributed by atoms with E-state index in [0.717, 1.165) is 73.4 Å². The fourth-order valence-corrected chi connectivity index (χ4v) is 5.52. The summed E-state index contributed by atoms with van der Waals surface area (Å²) in [6.45, 7) is 9.02. The number of aryl methyl sites for hydroxylation is 2. The number of pyridine rings is 1. The van der Waals surface area contributed by atoms with E-state index in [-0.39, 0.29) is 0 Å². The van der Waals surface area contributed by atoms with Gasteiger partial charge in [-0.1, -0.05) is 67.9 Å². The lowest BCUT2D eigenvalue weighted by Gasteiger charge is -2.36. The second-order valence-corrected chi connectivity index (χ2v) is 10.6. The molecule has 3 aromatic rings. The molecule has 0 atom stereocenters. The second kappa shape index (κ2) is 15.7. The van der Waals surface area contributed by atoms with Crippen molar-refractivity contribution in [2.45, 2.75) is 64.6 Å². The van der Waals surface area contributed by atoms with Gasteiger partial charge in [-0.2, -0.15) is 13.2 Å². The minimum absolute atomic E-state index is 0.413. The molecule has 1 aromatic heterocycles. The molecule has 0 unspecified atom stereocenters. The number of benzene rings is 2. The van der Waals surface area contributed by atoms with Crippen LogP contribution in [0.4, 0.5) is 13.2 Å². The average Bonchev–Trinajstić information content (AvgIpc) is 2.96. The van der Waals surface area contributed by atoms with Gasteiger partial charge in [-0.3, -0.25) is 9.78 Å². The van der Waals surface area contributed by atoms with Crippen LogP contribution in [0.3, 0.4) is 0 Å². The standard InChI is InChI=1S/C33H43F3N4O/c1-4-40(22-12-20-38-24-28-15-11-19-37-23-28)21-10-9-18-32(29-16-7-5-13-26(29)2,30-17-8-6-14-27(30)3)31(41)39-25-33(34,35)36/h5-8,11,13-17,19,23,38H,4,9-10,12,18,20-22,24-25H2,1-3H3,(H,39,41). The number of unbranched alkanes of at least 4 members (excludes halogenated alkanes) is 1. The van der Waals surface area contributed by atoms with Gasteiger partial charge in [0.2, 0.25) is 5.91 Å². The smallest absolute Gasteiger partial charge is 0.346 e. The Labute approximate surface area is 242 Å². The summed E-state index contributed by atoms with van der Waals surface area (Å²) in [5.41, 5.74) is 3.19. The molecule has 0 fully saturated rings. The monoisotopic (exact) mass is 568 g/mol. The van der Waals surface area contributed by atoms with Crippen molar-refractivity contribution < 1.29 is 18.0 Å². The van der Waals surface area contributed by atoms with Crippen molar-refractivity contribution in [3.05, 3.63) is 101 Å². The van der Waals surface area contributed by atoms with Crippen LogP contribution in [0, 0.1) is 13.8 Å². The van der Waals surface area contributed by atoms with Gasteiger partial charge in [0.15, 0.2) is 0 Å². The minimum atomic E-state index is -4.49. The summed E-state index contributed by atoms with van der Waals surface area (Å²) in [6, 6.07) is 19.1. The van der Waals surface area contributed by atoms with Crippen LogP contribution in [0.15, 0.2) is 73.1 Å². The first-order valence-electron chi connectivity index (χ1n) is 14.5. The lowest BCUT2D eigenvalue weighted by atomic mass is 9.67. The molecule has 1 heterocycles. The van der Waals surface area contributed by atoms with Crippen molar-refractivity contribution >= 4 is 5.91 Å². The molecular formula is C33H43F3N4O. The predicted molar refractivity (Wildman–Crippen MR) is 159 cm³/mol. The Balaban J connectivity index is 1.70. The number of hydrogen-bond acceptors (Lipinski definition) is 4. The molecular weight excluding hydrogens is 525 g/mol. The maximum Gasteiger partial charge on any atom is 0.405 e. The zero-order valence-corrected chi connectivity index (χ0v) is 24.4. The van der Waals surface area contributed by atoms with Crippen molar-refractivity contribution in [3.8, 4) is 0 Å². The fourth-order valence-electron chi connectivity index (χ4n) is 5.52. The third kappa shape index (κ3) is 9.40. The molecule has 0 radical (unpaired) electrons. The largest absolute Gasteiger partial charge is 0.405 e. The van der Waals surface area contributed by atoms with Gasteiger partial charge < -0.3 is 15.5 Å². The summed E-state index contributed by atoms with van der Waals surface area (Å²) in [7, 11) is 0. The van der Waals surface area contributed by atoms with E-state index < -0.39 is 24.0 Å². The van der Waals surface area contributed by atoms with Gasteiger partial charge in [0, 0.05) is 18.9 Å². The van der Waals surface area contributed by atoms with E-state index >= 15 is 0 Å². The molecule has 0 aliphatic carbocycles. The number of aromatic nitrogens is 1. The van der Waals surface area contributed by atoms with Crippen LogP contribution < -0.4 is 10.6 Å². The molecule has 0 bridgehead atoms. The molecule has 222 valence electrons. The lowest BCUT2D eigenvalue weighted by molar-refractivity contribution is -0.141. The topological polar surface area (TPSA) is 57.3 Å². The van der Waals surface area contributed by atoms with Crippen molar-refractivity contribution in [2.75, 3.05) is 32.7 Å². The minimum Gasteiger partial charge on any atom is -0.346 e. The quantitative estimate of drug-likeness (QED) is 0.198. The highest BCUT2D eigenvalue weighted by molar-refractivity contribution is 5.93. The van der Waals surface area contributed by atoms with Crippen molar-refractivity contribution in [2.24, 2.45) is 0 Å². The maximum atomic E-state index is 13.9. The molecule has 41 heavy (non-hydrogen) atoms. The van der Waals surface area contributed by atoms with Gasteiger partial charge in [-0.25, -0.2) is 0 Å². The summed E-state index contributed by atoms with van der Waals surface area (Å²) in [4.78, 5) is 20.4. The molecule has 5 nitrogen and oxygen atoms in total. The van der Waals surface area contributed by atoms with E-state index in [1.165, 1.54) is 0 Å².